The number of nitro groups is 1. The first-order valence-electron chi connectivity index (χ1n) is 9.69. The van der Waals surface area contributed by atoms with Crippen molar-refractivity contribution in [1.82, 2.24) is 5.06 Å². The van der Waals surface area contributed by atoms with Crippen LogP contribution >= 0.6 is 7.82 Å². The lowest BCUT2D eigenvalue weighted by molar-refractivity contribution is -0.384. The van der Waals surface area contributed by atoms with Crippen molar-refractivity contribution in [2.75, 3.05) is 0 Å². The van der Waals surface area contributed by atoms with E-state index < -0.39 is 12.7 Å². The van der Waals surface area contributed by atoms with Crippen molar-refractivity contribution in [3.8, 4) is 5.75 Å². The van der Waals surface area contributed by atoms with Crippen LogP contribution in [0.3, 0.4) is 0 Å². The third kappa shape index (κ3) is 5.75. The van der Waals surface area contributed by atoms with Gasteiger partial charge in [0.2, 0.25) is 0 Å². The maximum atomic E-state index is 12.6. The molecular weight excluding hydrogens is 371 g/mol. The summed E-state index contributed by atoms with van der Waals surface area (Å²) in [7, 11) is -4.39. The van der Waals surface area contributed by atoms with Gasteiger partial charge in [-0.15, -0.1) is 0 Å². The summed E-state index contributed by atoms with van der Waals surface area (Å²) in [4.78, 5) is 20.5. The average Bonchev–Trinajstić information content (AvgIpc) is 2.68. The van der Waals surface area contributed by atoms with E-state index in [4.69, 9.17) is 9.15 Å². The molecule has 0 bridgehead atoms. The van der Waals surface area contributed by atoms with E-state index in [0.29, 0.717) is 0 Å². The summed E-state index contributed by atoms with van der Waals surface area (Å²) in [5, 5.41) is 12.5. The lowest BCUT2D eigenvalue weighted by Gasteiger charge is -2.40. The minimum absolute atomic E-state index is 0.0682. The second-order valence-corrected chi connectivity index (χ2v) is 8.62. The first-order valence-corrected chi connectivity index (χ1v) is 11.2. The van der Waals surface area contributed by atoms with Crippen molar-refractivity contribution < 1.29 is 23.5 Å². The fourth-order valence-electron chi connectivity index (χ4n) is 4.00. The molecule has 150 valence electrons. The van der Waals surface area contributed by atoms with Gasteiger partial charge in [0.1, 0.15) is 5.75 Å². The maximum Gasteiger partial charge on any atom is 0.544 e. The molecule has 1 N–H and O–H groups in total. The second-order valence-electron chi connectivity index (χ2n) is 7.34. The van der Waals surface area contributed by atoms with Crippen LogP contribution in [-0.2, 0) is 9.19 Å². The van der Waals surface area contributed by atoms with Crippen molar-refractivity contribution >= 4 is 13.5 Å². The molecule has 1 atom stereocenters. The molecule has 0 heterocycles. The molecule has 1 aromatic carbocycles. The summed E-state index contributed by atoms with van der Waals surface area (Å²) in [6.45, 7) is 0. The molecule has 0 amide bonds. The normalized spacial score (nSPS) is 21.7. The van der Waals surface area contributed by atoms with E-state index in [-0.39, 0.29) is 23.5 Å². The zero-order valence-corrected chi connectivity index (χ0v) is 16.3. The third-order valence-electron chi connectivity index (χ3n) is 5.33. The van der Waals surface area contributed by atoms with Gasteiger partial charge in [-0.3, -0.25) is 15.0 Å². The van der Waals surface area contributed by atoms with Gasteiger partial charge >= 0.3 is 7.82 Å². The minimum Gasteiger partial charge on any atom is -0.403 e. The molecule has 0 spiro atoms. The standard InChI is InChI=1S/C18H27N2O6P/c21-20(22)17-11-13-18(14-12-17)25-27(23,24)26-19(15-7-3-1-4-8-15)16-9-5-2-6-10-16/h11-16H,1-10H2,(H,23,24). The predicted molar refractivity (Wildman–Crippen MR) is 100 cm³/mol. The molecule has 0 aromatic heterocycles. The largest absolute Gasteiger partial charge is 0.544 e. The van der Waals surface area contributed by atoms with Crippen LogP contribution in [-0.4, -0.2) is 27.0 Å². The van der Waals surface area contributed by atoms with Gasteiger partial charge in [-0.25, -0.2) is 4.57 Å². The zero-order chi connectivity index (χ0) is 19.3. The van der Waals surface area contributed by atoms with Gasteiger partial charge in [-0.05, 0) is 37.8 Å². The predicted octanol–water partition coefficient (Wildman–Crippen LogP) is 4.97. The van der Waals surface area contributed by atoms with Crippen molar-refractivity contribution in [2.24, 2.45) is 0 Å². The van der Waals surface area contributed by atoms with E-state index in [9.17, 15) is 19.6 Å². The third-order valence-corrected chi connectivity index (χ3v) is 6.17. The lowest BCUT2D eigenvalue weighted by atomic mass is 9.90. The van der Waals surface area contributed by atoms with Gasteiger partial charge < -0.3 is 4.52 Å². The van der Waals surface area contributed by atoms with Crippen LogP contribution < -0.4 is 4.52 Å². The SMILES string of the molecule is O=[N+]([O-])c1ccc(OP(=O)(O)ON(C2CCCCC2)C2CCCCC2)cc1. The molecule has 0 saturated heterocycles. The highest BCUT2D eigenvalue weighted by Gasteiger charge is 2.37. The fraction of sp³-hybridized carbons (Fsp3) is 0.667. The van der Waals surface area contributed by atoms with Gasteiger partial charge in [0.05, 0.1) is 4.92 Å². The Bertz CT molecular complexity index is 653. The Labute approximate surface area is 159 Å². The summed E-state index contributed by atoms with van der Waals surface area (Å²) in [5.41, 5.74) is -0.109. The molecule has 2 aliphatic rings. The number of phosphoric ester groups is 1. The Hall–Kier alpha value is -1.47. The number of hydrogen-bond donors (Lipinski definition) is 1. The molecule has 0 radical (unpaired) electrons. The first-order chi connectivity index (χ1) is 12.9. The highest BCUT2D eigenvalue weighted by molar-refractivity contribution is 7.47. The molecule has 9 heteroatoms. The Morgan fingerprint density at radius 1 is 0.963 bits per heavy atom. The Kier molecular flexibility index (Phi) is 6.87. The second kappa shape index (κ2) is 9.15. The number of phosphoric acid groups is 1. The highest BCUT2D eigenvalue weighted by Crippen LogP contribution is 2.47. The van der Waals surface area contributed by atoms with E-state index in [1.54, 1.807) is 5.06 Å². The van der Waals surface area contributed by atoms with Gasteiger partial charge in [0.15, 0.2) is 0 Å². The van der Waals surface area contributed by atoms with Crippen molar-refractivity contribution in [3.05, 3.63) is 34.4 Å². The van der Waals surface area contributed by atoms with Crippen LogP contribution in [0.5, 0.6) is 5.75 Å². The molecule has 2 saturated carbocycles. The Balaban J connectivity index is 1.70. The smallest absolute Gasteiger partial charge is 0.403 e. The number of nitro benzene ring substituents is 1. The van der Waals surface area contributed by atoms with Gasteiger partial charge in [0, 0.05) is 24.2 Å². The maximum absolute atomic E-state index is 12.6. The minimum atomic E-state index is -4.39. The number of hydrogen-bond acceptors (Lipinski definition) is 6. The van der Waals surface area contributed by atoms with Gasteiger partial charge in [0.25, 0.3) is 5.69 Å². The molecule has 0 aliphatic heterocycles. The van der Waals surface area contributed by atoms with E-state index in [2.05, 4.69) is 0 Å². The van der Waals surface area contributed by atoms with Crippen molar-refractivity contribution in [3.63, 3.8) is 0 Å². The monoisotopic (exact) mass is 398 g/mol. The van der Waals surface area contributed by atoms with E-state index >= 15 is 0 Å². The van der Waals surface area contributed by atoms with Crippen LogP contribution in [0, 0.1) is 10.1 Å². The van der Waals surface area contributed by atoms with E-state index in [0.717, 1.165) is 51.4 Å². The molecular formula is C18H27N2O6P. The van der Waals surface area contributed by atoms with Crippen LogP contribution in [0.25, 0.3) is 0 Å². The summed E-state index contributed by atoms with van der Waals surface area (Å²) < 4.78 is 23.4. The topological polar surface area (TPSA) is 102 Å². The zero-order valence-electron chi connectivity index (χ0n) is 15.4. The Morgan fingerprint density at radius 2 is 1.44 bits per heavy atom. The van der Waals surface area contributed by atoms with Crippen LogP contribution in [0.4, 0.5) is 5.69 Å². The van der Waals surface area contributed by atoms with Crippen LogP contribution in [0.1, 0.15) is 64.2 Å². The molecule has 1 unspecified atom stereocenters. The average molecular weight is 398 g/mol. The molecule has 1 aromatic rings. The van der Waals surface area contributed by atoms with Gasteiger partial charge in [-0.2, -0.15) is 9.69 Å². The fourth-order valence-corrected chi connectivity index (χ4v) is 4.93. The summed E-state index contributed by atoms with van der Waals surface area (Å²) in [6.07, 6.45) is 10.6. The quantitative estimate of drug-likeness (QED) is 0.393. The summed E-state index contributed by atoms with van der Waals surface area (Å²) in [6, 6.07) is 5.32. The Morgan fingerprint density at radius 3 is 1.89 bits per heavy atom. The molecule has 8 nitrogen and oxygen atoms in total. The number of non-ortho nitro benzene ring substituents is 1. The highest BCUT2D eigenvalue weighted by atomic mass is 31.2. The molecule has 27 heavy (non-hydrogen) atoms. The van der Waals surface area contributed by atoms with Crippen LogP contribution in [0.2, 0.25) is 0 Å². The number of nitrogens with zero attached hydrogens (tertiary/aromatic N) is 2. The number of rotatable bonds is 7. The summed E-state index contributed by atoms with van der Waals surface area (Å²) >= 11 is 0. The van der Waals surface area contributed by atoms with E-state index in [1.807, 2.05) is 0 Å². The van der Waals surface area contributed by atoms with Crippen LogP contribution in [0.15, 0.2) is 24.3 Å². The van der Waals surface area contributed by atoms with E-state index in [1.165, 1.54) is 37.1 Å². The molecule has 2 aliphatic carbocycles. The first kappa shape index (κ1) is 20.3. The number of benzene rings is 1. The van der Waals surface area contributed by atoms with Gasteiger partial charge in [-0.1, -0.05) is 38.5 Å². The van der Waals surface area contributed by atoms with Crippen molar-refractivity contribution in [1.29, 1.82) is 0 Å². The number of hydroxylamine groups is 2. The molecule has 2 fully saturated rings. The van der Waals surface area contributed by atoms with Crippen molar-refractivity contribution in [2.45, 2.75) is 76.3 Å². The lowest BCUT2D eigenvalue weighted by Crippen LogP contribution is -2.44. The summed E-state index contributed by atoms with van der Waals surface area (Å²) in [5.74, 6) is 0.0682. The molecule has 3 rings (SSSR count).